The van der Waals surface area contributed by atoms with E-state index in [1.807, 2.05) is 6.07 Å². The molecule has 20 heavy (non-hydrogen) atoms. The molecule has 4 heteroatoms. The molecular formula is C16H14FNO2. The van der Waals surface area contributed by atoms with Crippen molar-refractivity contribution in [3.8, 4) is 5.75 Å². The number of halogens is 1. The van der Waals surface area contributed by atoms with Crippen LogP contribution in [0.5, 0.6) is 5.75 Å². The fourth-order valence-corrected chi connectivity index (χ4v) is 2.42. The molecule has 0 fully saturated rings. The second-order valence-electron chi connectivity index (χ2n) is 4.96. The largest absolute Gasteiger partial charge is 0.491 e. The van der Waals surface area contributed by atoms with Gasteiger partial charge in [-0.2, -0.15) is 0 Å². The van der Waals surface area contributed by atoms with Gasteiger partial charge in [0, 0.05) is 18.4 Å². The number of nitrogens with zero attached hydrogens (tertiary/aromatic N) is 1. The van der Waals surface area contributed by atoms with Gasteiger partial charge in [0.05, 0.1) is 12.3 Å². The number of hydrogen-bond donors (Lipinski definition) is 0. The van der Waals surface area contributed by atoms with Gasteiger partial charge >= 0.3 is 0 Å². The van der Waals surface area contributed by atoms with Crippen LogP contribution in [-0.4, -0.2) is 17.9 Å². The van der Waals surface area contributed by atoms with Crippen molar-refractivity contribution in [3.63, 3.8) is 0 Å². The number of fused-ring (bicyclic) bond motifs is 1. The molecule has 2 heterocycles. The zero-order chi connectivity index (χ0) is 14.1. The van der Waals surface area contributed by atoms with Crippen molar-refractivity contribution < 1.29 is 13.9 Å². The maximum Gasteiger partial charge on any atom is 0.168 e. The highest BCUT2D eigenvalue weighted by atomic mass is 19.1. The van der Waals surface area contributed by atoms with Crippen molar-refractivity contribution >= 4 is 6.29 Å². The quantitative estimate of drug-likeness (QED) is 0.806. The Labute approximate surface area is 116 Å². The Kier molecular flexibility index (Phi) is 3.22. The van der Waals surface area contributed by atoms with Crippen LogP contribution in [0.2, 0.25) is 0 Å². The first-order valence-corrected chi connectivity index (χ1v) is 6.53. The minimum absolute atomic E-state index is 0.218. The summed E-state index contributed by atoms with van der Waals surface area (Å²) in [5, 5.41) is 0. The maximum absolute atomic E-state index is 13.6. The molecule has 102 valence electrons. The molecule has 0 unspecified atom stereocenters. The molecule has 1 aliphatic rings. The number of hydrogen-bond acceptors (Lipinski definition) is 3. The summed E-state index contributed by atoms with van der Waals surface area (Å²) in [5.74, 6) is 0.529. The number of carbonyl (C=O) groups is 1. The average Bonchev–Trinajstić information content (AvgIpc) is 2.91. The molecule has 3 nitrogen and oxygen atoms in total. The molecule has 0 amide bonds. The first-order valence-electron chi connectivity index (χ1n) is 6.53. The molecule has 0 N–H and O–H groups in total. The van der Waals surface area contributed by atoms with Crippen LogP contribution in [0.3, 0.4) is 0 Å². The van der Waals surface area contributed by atoms with Crippen molar-refractivity contribution in [2.24, 2.45) is 0 Å². The Morgan fingerprint density at radius 2 is 2.25 bits per heavy atom. The third kappa shape index (κ3) is 2.29. The topological polar surface area (TPSA) is 39.2 Å². The lowest BCUT2D eigenvalue weighted by atomic mass is 10.0. The molecule has 0 saturated heterocycles. The first-order chi connectivity index (χ1) is 9.67. The third-order valence-electron chi connectivity index (χ3n) is 3.48. The summed E-state index contributed by atoms with van der Waals surface area (Å²) in [4.78, 5) is 15.2. The van der Waals surface area contributed by atoms with E-state index < -0.39 is 0 Å². The lowest BCUT2D eigenvalue weighted by Crippen LogP contribution is -1.99. The van der Waals surface area contributed by atoms with Gasteiger partial charge in [0.15, 0.2) is 6.29 Å². The van der Waals surface area contributed by atoms with Crippen molar-refractivity contribution in [1.82, 2.24) is 4.98 Å². The summed E-state index contributed by atoms with van der Waals surface area (Å²) in [7, 11) is 0. The number of aldehydes is 1. The van der Waals surface area contributed by atoms with Gasteiger partial charge in [-0.05, 0) is 30.2 Å². The van der Waals surface area contributed by atoms with Crippen molar-refractivity contribution in [1.29, 1.82) is 0 Å². The average molecular weight is 271 g/mol. The van der Waals surface area contributed by atoms with Gasteiger partial charge in [-0.1, -0.05) is 12.1 Å². The van der Waals surface area contributed by atoms with E-state index in [1.165, 1.54) is 6.07 Å². The van der Waals surface area contributed by atoms with Crippen molar-refractivity contribution in [2.45, 2.75) is 19.8 Å². The van der Waals surface area contributed by atoms with E-state index in [0.29, 0.717) is 30.7 Å². The van der Waals surface area contributed by atoms with Gasteiger partial charge in [-0.3, -0.25) is 4.79 Å². The Morgan fingerprint density at radius 3 is 3.00 bits per heavy atom. The van der Waals surface area contributed by atoms with Crippen LogP contribution in [0.25, 0.3) is 0 Å². The predicted octanol–water partition coefficient (Wildman–Crippen LogP) is 2.87. The van der Waals surface area contributed by atoms with Gasteiger partial charge in [0.25, 0.3) is 0 Å². The van der Waals surface area contributed by atoms with Crippen LogP contribution in [0.4, 0.5) is 4.39 Å². The van der Waals surface area contributed by atoms with E-state index >= 15 is 0 Å². The predicted molar refractivity (Wildman–Crippen MR) is 72.8 cm³/mol. The van der Waals surface area contributed by atoms with Gasteiger partial charge in [0.2, 0.25) is 0 Å². The van der Waals surface area contributed by atoms with Gasteiger partial charge in [-0.15, -0.1) is 0 Å². The number of ether oxygens (including phenoxy) is 1. The molecule has 0 saturated carbocycles. The Hall–Kier alpha value is -2.23. The molecule has 0 radical (unpaired) electrons. The summed E-state index contributed by atoms with van der Waals surface area (Å²) in [6.45, 7) is 2.32. The molecule has 0 aliphatic carbocycles. The normalized spacial score (nSPS) is 12.9. The van der Waals surface area contributed by atoms with Gasteiger partial charge < -0.3 is 4.74 Å². The van der Waals surface area contributed by atoms with Crippen LogP contribution < -0.4 is 4.74 Å². The highest BCUT2D eigenvalue weighted by molar-refractivity contribution is 5.73. The van der Waals surface area contributed by atoms with Gasteiger partial charge in [0.1, 0.15) is 17.3 Å². The van der Waals surface area contributed by atoms with Crippen LogP contribution in [-0.2, 0) is 12.8 Å². The van der Waals surface area contributed by atoms with Crippen LogP contribution in [0.15, 0.2) is 24.3 Å². The van der Waals surface area contributed by atoms with E-state index in [-0.39, 0.29) is 5.82 Å². The van der Waals surface area contributed by atoms with Gasteiger partial charge in [-0.25, -0.2) is 9.37 Å². The summed E-state index contributed by atoms with van der Waals surface area (Å²) >= 11 is 0. The summed E-state index contributed by atoms with van der Waals surface area (Å²) in [6.07, 6.45) is 1.98. The molecule has 0 bridgehead atoms. The van der Waals surface area contributed by atoms with Crippen molar-refractivity contribution in [2.75, 3.05) is 6.61 Å². The van der Waals surface area contributed by atoms with Crippen LogP contribution in [0.1, 0.15) is 32.9 Å². The molecule has 0 atom stereocenters. The molecule has 3 rings (SSSR count). The highest BCUT2D eigenvalue weighted by Gasteiger charge is 2.19. The number of aromatic nitrogens is 1. The SMILES string of the molecule is Cc1ccc(Cc2cc(C=O)nc3c2OCC3)cc1F. The first kappa shape index (κ1) is 12.8. The van der Waals surface area contributed by atoms with E-state index in [2.05, 4.69) is 4.98 Å². The fraction of sp³-hybridized carbons (Fsp3) is 0.250. The molecule has 0 spiro atoms. The number of benzene rings is 1. The number of rotatable bonds is 3. The molecule has 1 aromatic heterocycles. The monoisotopic (exact) mass is 271 g/mol. The zero-order valence-electron chi connectivity index (χ0n) is 11.1. The second kappa shape index (κ2) is 5.04. The number of pyridine rings is 1. The summed E-state index contributed by atoms with van der Waals surface area (Å²) in [6, 6.07) is 6.89. The summed E-state index contributed by atoms with van der Waals surface area (Å²) in [5.41, 5.74) is 3.58. The van der Waals surface area contributed by atoms with Crippen LogP contribution >= 0.6 is 0 Å². The lowest BCUT2D eigenvalue weighted by Gasteiger charge is -2.09. The minimum atomic E-state index is -0.218. The van der Waals surface area contributed by atoms with E-state index in [4.69, 9.17) is 4.74 Å². The molecular weight excluding hydrogens is 257 g/mol. The standard InChI is InChI=1S/C16H14FNO2/c1-10-2-3-11(7-14(10)17)6-12-8-13(9-19)18-15-4-5-20-16(12)15/h2-3,7-9H,4-6H2,1H3. The molecule has 2 aromatic rings. The Morgan fingerprint density at radius 1 is 1.40 bits per heavy atom. The molecule has 1 aromatic carbocycles. The zero-order valence-corrected chi connectivity index (χ0v) is 11.1. The van der Waals surface area contributed by atoms with E-state index in [1.54, 1.807) is 19.1 Å². The lowest BCUT2D eigenvalue weighted by molar-refractivity contribution is 0.111. The van der Waals surface area contributed by atoms with Crippen LogP contribution in [0, 0.1) is 12.7 Å². The highest BCUT2D eigenvalue weighted by Crippen LogP contribution is 2.30. The minimum Gasteiger partial charge on any atom is -0.491 e. The van der Waals surface area contributed by atoms with E-state index in [9.17, 15) is 9.18 Å². The number of aryl methyl sites for hydroxylation is 1. The third-order valence-corrected chi connectivity index (χ3v) is 3.48. The maximum atomic E-state index is 13.6. The fourth-order valence-electron chi connectivity index (χ4n) is 2.42. The Bertz CT molecular complexity index is 682. The number of carbonyl (C=O) groups excluding carboxylic acids is 1. The molecule has 1 aliphatic heterocycles. The Balaban J connectivity index is 1.99. The second-order valence-corrected chi connectivity index (χ2v) is 4.96. The van der Waals surface area contributed by atoms with E-state index in [0.717, 1.165) is 28.9 Å². The summed E-state index contributed by atoms with van der Waals surface area (Å²) < 4.78 is 19.2. The van der Waals surface area contributed by atoms with Crippen molar-refractivity contribution in [3.05, 3.63) is 58.2 Å². The smallest absolute Gasteiger partial charge is 0.168 e.